The molecule has 0 bridgehead atoms. The van der Waals surface area contributed by atoms with Crippen molar-refractivity contribution in [3.8, 4) is 5.75 Å². The normalized spacial score (nSPS) is 18.3. The van der Waals surface area contributed by atoms with E-state index in [2.05, 4.69) is 28.8 Å². The number of methoxy groups -OCH3 is 1. The number of benzene rings is 2. The summed E-state index contributed by atoms with van der Waals surface area (Å²) in [4.78, 5) is 7.44. The number of alkyl halides is 3. The van der Waals surface area contributed by atoms with Crippen LogP contribution in [0.5, 0.6) is 5.75 Å². The van der Waals surface area contributed by atoms with Crippen LogP contribution in [0.25, 0.3) is 4.85 Å². The quantitative estimate of drug-likeness (QED) is 0.381. The summed E-state index contributed by atoms with van der Waals surface area (Å²) >= 11 is 0. The minimum atomic E-state index is -4.55. The van der Waals surface area contributed by atoms with Gasteiger partial charge in [-0.2, -0.15) is 13.2 Å². The molecule has 2 aliphatic heterocycles. The summed E-state index contributed by atoms with van der Waals surface area (Å²) in [7, 11) is 1.69. The van der Waals surface area contributed by atoms with Crippen LogP contribution in [-0.2, 0) is 17.5 Å². The van der Waals surface area contributed by atoms with Gasteiger partial charge in [-0.15, -0.1) is 0 Å². The molecule has 0 saturated carbocycles. The lowest BCUT2D eigenvalue weighted by Gasteiger charge is -2.42. The van der Waals surface area contributed by atoms with Gasteiger partial charge in [0, 0.05) is 38.9 Å². The fourth-order valence-corrected chi connectivity index (χ4v) is 5.29. The number of piperidine rings is 1. The Hall–Kier alpha value is -2.76. The molecule has 0 aromatic heterocycles. The summed E-state index contributed by atoms with van der Waals surface area (Å²) in [6.45, 7) is 14.1. The lowest BCUT2D eigenvalue weighted by atomic mass is 9.88. The van der Waals surface area contributed by atoms with E-state index in [0.29, 0.717) is 44.6 Å². The van der Waals surface area contributed by atoms with Crippen molar-refractivity contribution in [1.29, 1.82) is 0 Å². The topological polar surface area (TPSA) is 29.3 Å². The Morgan fingerprint density at radius 2 is 1.75 bits per heavy atom. The molecule has 2 fully saturated rings. The Bertz CT molecular complexity index is 1080. The third kappa shape index (κ3) is 6.13. The SMILES string of the molecule is [C-]#[N+]c1ccc(N2CCC(CCOc3ccc(CN4CCCC4)cc3C)(OC)CC2)cc1C(F)(F)F. The molecule has 0 aliphatic carbocycles. The van der Waals surface area contributed by atoms with Crippen molar-refractivity contribution in [3.63, 3.8) is 0 Å². The van der Waals surface area contributed by atoms with Crippen LogP contribution in [0.4, 0.5) is 24.5 Å². The molecule has 0 amide bonds. The van der Waals surface area contributed by atoms with E-state index in [9.17, 15) is 13.2 Å². The maximum Gasteiger partial charge on any atom is 0.407 e. The maximum absolute atomic E-state index is 13.4. The number of anilines is 1. The van der Waals surface area contributed by atoms with E-state index in [1.54, 1.807) is 13.2 Å². The molecule has 0 spiro atoms. The van der Waals surface area contributed by atoms with Gasteiger partial charge < -0.3 is 14.4 Å². The number of nitrogens with zero attached hydrogens (tertiary/aromatic N) is 3. The van der Waals surface area contributed by atoms with Crippen molar-refractivity contribution in [2.24, 2.45) is 0 Å². The highest BCUT2D eigenvalue weighted by Gasteiger charge is 2.37. The maximum atomic E-state index is 13.4. The van der Waals surface area contributed by atoms with E-state index >= 15 is 0 Å². The first-order chi connectivity index (χ1) is 17.2. The number of aryl methyl sites for hydroxylation is 1. The van der Waals surface area contributed by atoms with E-state index in [-0.39, 0.29) is 11.3 Å². The van der Waals surface area contributed by atoms with Gasteiger partial charge in [-0.1, -0.05) is 18.2 Å². The Kier molecular flexibility index (Phi) is 8.11. The Morgan fingerprint density at radius 1 is 1.03 bits per heavy atom. The van der Waals surface area contributed by atoms with Gasteiger partial charge >= 0.3 is 6.18 Å². The Balaban J connectivity index is 1.32. The van der Waals surface area contributed by atoms with Crippen LogP contribution >= 0.6 is 0 Å². The number of likely N-dealkylation sites (tertiary alicyclic amines) is 1. The molecule has 36 heavy (non-hydrogen) atoms. The number of rotatable bonds is 8. The second-order valence-electron chi connectivity index (χ2n) is 9.87. The third-order valence-corrected chi connectivity index (χ3v) is 7.54. The van der Waals surface area contributed by atoms with Crippen LogP contribution in [0.2, 0.25) is 0 Å². The highest BCUT2D eigenvalue weighted by atomic mass is 19.4. The lowest BCUT2D eigenvalue weighted by molar-refractivity contribution is -0.136. The van der Waals surface area contributed by atoms with E-state index in [0.717, 1.165) is 23.9 Å². The second-order valence-corrected chi connectivity index (χ2v) is 9.87. The molecule has 2 heterocycles. The molecule has 0 unspecified atom stereocenters. The van der Waals surface area contributed by atoms with Crippen LogP contribution in [0, 0.1) is 13.5 Å². The van der Waals surface area contributed by atoms with Gasteiger partial charge in [0.25, 0.3) is 0 Å². The number of hydrogen-bond donors (Lipinski definition) is 0. The molecule has 0 radical (unpaired) electrons. The predicted octanol–water partition coefficient (Wildman–Crippen LogP) is 6.61. The fourth-order valence-electron chi connectivity index (χ4n) is 5.29. The predicted molar refractivity (Wildman–Crippen MR) is 135 cm³/mol. The van der Waals surface area contributed by atoms with Gasteiger partial charge in [-0.3, -0.25) is 4.90 Å². The van der Waals surface area contributed by atoms with Crippen molar-refractivity contribution in [2.45, 2.75) is 57.3 Å². The number of ether oxygens (including phenoxy) is 2. The first-order valence-electron chi connectivity index (χ1n) is 12.6. The average molecular weight is 502 g/mol. The molecular weight excluding hydrogens is 467 g/mol. The summed E-state index contributed by atoms with van der Waals surface area (Å²) < 4.78 is 52.2. The van der Waals surface area contributed by atoms with Gasteiger partial charge in [0.15, 0.2) is 5.69 Å². The van der Waals surface area contributed by atoms with Crippen molar-refractivity contribution in [1.82, 2.24) is 4.90 Å². The minimum Gasteiger partial charge on any atom is -0.493 e. The standard InChI is InChI=1S/C28H34F3N3O2/c1-21-18-22(20-33-13-4-5-14-33)6-9-26(21)36-17-12-27(35-3)10-15-34(16-11-27)23-7-8-25(32-2)24(19-23)28(29,30)31/h6-9,18-19H,4-5,10-17,20H2,1,3H3. The van der Waals surface area contributed by atoms with Crippen LogP contribution in [-0.4, -0.2) is 50.4 Å². The molecule has 8 heteroatoms. The van der Waals surface area contributed by atoms with Crippen molar-refractivity contribution in [3.05, 3.63) is 64.5 Å². The lowest BCUT2D eigenvalue weighted by Crippen LogP contribution is -2.46. The molecule has 5 nitrogen and oxygen atoms in total. The first-order valence-corrected chi connectivity index (χ1v) is 12.6. The van der Waals surface area contributed by atoms with E-state index in [1.165, 1.54) is 37.6 Å². The molecule has 194 valence electrons. The van der Waals surface area contributed by atoms with Crippen LogP contribution in [0.3, 0.4) is 0 Å². The van der Waals surface area contributed by atoms with Gasteiger partial charge in [-0.25, -0.2) is 4.85 Å². The molecule has 0 N–H and O–H groups in total. The molecule has 2 saturated heterocycles. The van der Waals surface area contributed by atoms with Crippen LogP contribution in [0.1, 0.15) is 48.8 Å². The second kappa shape index (κ2) is 11.1. The fraction of sp³-hybridized carbons (Fsp3) is 0.536. The molecular formula is C28H34F3N3O2. The highest BCUT2D eigenvalue weighted by Crippen LogP contribution is 2.40. The van der Waals surface area contributed by atoms with Gasteiger partial charge in [0.1, 0.15) is 5.75 Å². The van der Waals surface area contributed by atoms with E-state index in [1.807, 2.05) is 11.0 Å². The summed E-state index contributed by atoms with van der Waals surface area (Å²) in [5.41, 5.74) is 1.29. The first kappa shape index (κ1) is 26.3. The number of hydrogen-bond acceptors (Lipinski definition) is 4. The summed E-state index contributed by atoms with van der Waals surface area (Å²) in [6, 6.07) is 10.3. The highest BCUT2D eigenvalue weighted by molar-refractivity contribution is 5.62. The Morgan fingerprint density at radius 3 is 2.36 bits per heavy atom. The molecule has 2 aromatic carbocycles. The molecule has 4 rings (SSSR count). The summed E-state index contributed by atoms with van der Waals surface area (Å²) in [5, 5.41) is 0. The van der Waals surface area contributed by atoms with Crippen LogP contribution in [0.15, 0.2) is 36.4 Å². The van der Waals surface area contributed by atoms with Crippen molar-refractivity contribution < 1.29 is 22.6 Å². The summed E-state index contributed by atoms with van der Waals surface area (Å²) in [6.07, 6.45) is 0.0875. The van der Waals surface area contributed by atoms with Gasteiger partial charge in [-0.05, 0) is 75.0 Å². The van der Waals surface area contributed by atoms with Crippen LogP contribution < -0.4 is 9.64 Å². The zero-order valence-electron chi connectivity index (χ0n) is 21.0. The van der Waals surface area contributed by atoms with Gasteiger partial charge in [0.05, 0.1) is 24.3 Å². The van der Waals surface area contributed by atoms with E-state index in [4.69, 9.17) is 16.0 Å². The monoisotopic (exact) mass is 501 g/mol. The average Bonchev–Trinajstić information content (AvgIpc) is 3.38. The van der Waals surface area contributed by atoms with Crippen molar-refractivity contribution >= 4 is 11.4 Å². The largest absolute Gasteiger partial charge is 0.493 e. The number of halogens is 3. The summed E-state index contributed by atoms with van der Waals surface area (Å²) in [5.74, 6) is 0.878. The minimum absolute atomic E-state index is 0.369. The third-order valence-electron chi connectivity index (χ3n) is 7.54. The zero-order valence-corrected chi connectivity index (χ0v) is 21.0. The molecule has 2 aromatic rings. The van der Waals surface area contributed by atoms with Crippen molar-refractivity contribution in [2.75, 3.05) is 44.8 Å². The van der Waals surface area contributed by atoms with Gasteiger partial charge in [0.2, 0.25) is 0 Å². The molecule has 0 atom stereocenters. The smallest absolute Gasteiger partial charge is 0.407 e. The zero-order chi connectivity index (χ0) is 25.8. The molecule has 2 aliphatic rings. The Labute approximate surface area is 211 Å². The van der Waals surface area contributed by atoms with E-state index < -0.39 is 11.7 Å².